The number of hydrogen-bond donors (Lipinski definition) is 2. The molecule has 0 saturated heterocycles. The van der Waals surface area contributed by atoms with Crippen LogP contribution >= 0.6 is 24.8 Å². The van der Waals surface area contributed by atoms with E-state index < -0.39 is 0 Å². The van der Waals surface area contributed by atoms with Crippen molar-refractivity contribution in [3.8, 4) is 0 Å². The lowest BCUT2D eigenvalue weighted by molar-refractivity contribution is 0.268. The van der Waals surface area contributed by atoms with Gasteiger partial charge in [-0.25, -0.2) is 0 Å². The topological polar surface area (TPSA) is 46.2 Å². The first-order valence-electron chi connectivity index (χ1n) is 3.26. The van der Waals surface area contributed by atoms with E-state index in [4.69, 9.17) is 10.8 Å². The van der Waals surface area contributed by atoms with Crippen molar-refractivity contribution in [2.75, 3.05) is 6.61 Å². The lowest BCUT2D eigenvalue weighted by Gasteiger charge is -2.06. The van der Waals surface area contributed by atoms with Crippen LogP contribution in [0, 0.1) is 0 Å². The van der Waals surface area contributed by atoms with Crippen LogP contribution in [0.5, 0.6) is 0 Å². The average Bonchev–Trinajstić information content (AvgIpc) is 2.05. The van der Waals surface area contributed by atoms with E-state index in [1.807, 2.05) is 30.3 Å². The predicted octanol–water partition coefficient (Wildman–Crippen LogP) is 1.52. The molecule has 1 unspecified atom stereocenters. The molecule has 0 aliphatic carbocycles. The summed E-state index contributed by atoms with van der Waals surface area (Å²) in [4.78, 5) is 0. The van der Waals surface area contributed by atoms with E-state index in [9.17, 15) is 0 Å². The van der Waals surface area contributed by atoms with Gasteiger partial charge in [-0.1, -0.05) is 30.3 Å². The summed E-state index contributed by atoms with van der Waals surface area (Å²) in [5, 5.41) is 8.66. The molecule has 70 valence electrons. The molecule has 1 atom stereocenters. The van der Waals surface area contributed by atoms with Crippen LogP contribution in [-0.4, -0.2) is 11.7 Å². The van der Waals surface area contributed by atoms with Gasteiger partial charge in [0.25, 0.3) is 0 Å². The van der Waals surface area contributed by atoms with Gasteiger partial charge in [0, 0.05) is 0 Å². The van der Waals surface area contributed by atoms with Crippen molar-refractivity contribution < 1.29 is 5.11 Å². The molecule has 0 heterocycles. The van der Waals surface area contributed by atoms with E-state index in [0.717, 1.165) is 5.56 Å². The van der Waals surface area contributed by atoms with Gasteiger partial charge in [0.05, 0.1) is 12.6 Å². The summed E-state index contributed by atoms with van der Waals surface area (Å²) in [6, 6.07) is 9.31. The highest BCUT2D eigenvalue weighted by molar-refractivity contribution is 5.85. The third-order valence-corrected chi connectivity index (χ3v) is 1.42. The summed E-state index contributed by atoms with van der Waals surface area (Å²) >= 11 is 0. The van der Waals surface area contributed by atoms with E-state index in [1.54, 1.807) is 0 Å². The zero-order chi connectivity index (χ0) is 7.40. The number of hydrogen-bond acceptors (Lipinski definition) is 2. The molecule has 1 aromatic rings. The second-order valence-electron chi connectivity index (χ2n) is 2.20. The Labute approximate surface area is 84.6 Å². The highest BCUT2D eigenvalue weighted by Gasteiger charge is 2.00. The smallest absolute Gasteiger partial charge is 0.0624 e. The van der Waals surface area contributed by atoms with Crippen LogP contribution < -0.4 is 5.73 Å². The fourth-order valence-corrected chi connectivity index (χ4v) is 0.806. The van der Waals surface area contributed by atoms with Crippen LogP contribution in [0.1, 0.15) is 11.6 Å². The summed E-state index contributed by atoms with van der Waals surface area (Å²) < 4.78 is 0. The fourth-order valence-electron chi connectivity index (χ4n) is 0.806. The van der Waals surface area contributed by atoms with Gasteiger partial charge >= 0.3 is 0 Å². The zero-order valence-electron chi connectivity index (χ0n) is 6.51. The van der Waals surface area contributed by atoms with Gasteiger partial charge in [0.15, 0.2) is 0 Å². The molecule has 12 heavy (non-hydrogen) atoms. The number of aliphatic hydroxyl groups excluding tert-OH is 1. The maximum absolute atomic E-state index is 8.66. The van der Waals surface area contributed by atoms with E-state index in [2.05, 4.69) is 0 Å². The fraction of sp³-hybridized carbons (Fsp3) is 0.250. The molecule has 3 N–H and O–H groups in total. The van der Waals surface area contributed by atoms with Crippen LogP contribution in [0.25, 0.3) is 0 Å². The monoisotopic (exact) mass is 209 g/mol. The van der Waals surface area contributed by atoms with Crippen LogP contribution in [0.3, 0.4) is 0 Å². The highest BCUT2D eigenvalue weighted by Crippen LogP contribution is 2.06. The molecule has 4 heteroatoms. The van der Waals surface area contributed by atoms with Gasteiger partial charge in [-0.05, 0) is 5.56 Å². The first-order chi connectivity index (χ1) is 4.84. The Morgan fingerprint density at radius 1 is 1.17 bits per heavy atom. The molecule has 0 aliphatic rings. The summed E-state index contributed by atoms with van der Waals surface area (Å²) in [7, 11) is 0. The molecule has 0 spiro atoms. The Kier molecular flexibility index (Phi) is 8.76. The largest absolute Gasteiger partial charge is 0.394 e. The molecule has 0 radical (unpaired) electrons. The maximum atomic E-state index is 8.66. The molecule has 0 aliphatic heterocycles. The van der Waals surface area contributed by atoms with Crippen molar-refractivity contribution in [1.82, 2.24) is 0 Å². The van der Waals surface area contributed by atoms with E-state index in [0.29, 0.717) is 0 Å². The lowest BCUT2D eigenvalue weighted by atomic mass is 10.1. The molecule has 0 fully saturated rings. The molecule has 0 bridgehead atoms. The highest BCUT2D eigenvalue weighted by atomic mass is 35.5. The minimum atomic E-state index is -0.235. The van der Waals surface area contributed by atoms with Crippen LogP contribution in [0.2, 0.25) is 0 Å². The zero-order valence-corrected chi connectivity index (χ0v) is 8.15. The van der Waals surface area contributed by atoms with Crippen molar-refractivity contribution in [3.63, 3.8) is 0 Å². The first-order valence-corrected chi connectivity index (χ1v) is 3.26. The minimum absolute atomic E-state index is 0. The number of halogens is 2. The summed E-state index contributed by atoms with van der Waals surface area (Å²) in [6.45, 7) is 0.00398. The molecular formula is C8H13Cl2NO. The number of rotatable bonds is 2. The number of benzene rings is 1. The lowest BCUT2D eigenvalue weighted by Crippen LogP contribution is -2.13. The predicted molar refractivity (Wildman–Crippen MR) is 55.0 cm³/mol. The first kappa shape index (κ1) is 14.3. The number of nitrogens with two attached hydrogens (primary N) is 1. The molecule has 1 rings (SSSR count). The SMILES string of the molecule is Cl.Cl.NC(CO)c1ccccc1. The summed E-state index contributed by atoms with van der Waals surface area (Å²) in [5.41, 5.74) is 6.52. The van der Waals surface area contributed by atoms with Crippen molar-refractivity contribution in [1.29, 1.82) is 0 Å². The van der Waals surface area contributed by atoms with Gasteiger partial charge in [0.1, 0.15) is 0 Å². The third-order valence-electron chi connectivity index (χ3n) is 1.42. The average molecular weight is 210 g/mol. The normalized spacial score (nSPS) is 10.8. The summed E-state index contributed by atoms with van der Waals surface area (Å²) in [5.74, 6) is 0. The molecule has 0 amide bonds. The van der Waals surface area contributed by atoms with Crippen molar-refractivity contribution in [2.24, 2.45) is 5.73 Å². The van der Waals surface area contributed by atoms with Crippen molar-refractivity contribution in [2.45, 2.75) is 6.04 Å². The van der Waals surface area contributed by atoms with Crippen LogP contribution in [0.4, 0.5) is 0 Å². The quantitative estimate of drug-likeness (QED) is 0.777. The molecule has 1 aromatic carbocycles. The van der Waals surface area contributed by atoms with E-state index >= 15 is 0 Å². The van der Waals surface area contributed by atoms with Crippen LogP contribution in [-0.2, 0) is 0 Å². The van der Waals surface area contributed by atoms with Gasteiger partial charge in [-0.3, -0.25) is 0 Å². The maximum Gasteiger partial charge on any atom is 0.0624 e. The molecule has 0 aromatic heterocycles. The Morgan fingerprint density at radius 3 is 2.08 bits per heavy atom. The van der Waals surface area contributed by atoms with Crippen molar-refractivity contribution >= 4 is 24.8 Å². The van der Waals surface area contributed by atoms with E-state index in [-0.39, 0.29) is 37.5 Å². The standard InChI is InChI=1S/C8H11NO.2ClH/c9-8(6-10)7-4-2-1-3-5-7;;/h1-5,8,10H,6,9H2;2*1H. The molecule has 2 nitrogen and oxygen atoms in total. The van der Waals surface area contributed by atoms with Gasteiger partial charge in [0.2, 0.25) is 0 Å². The molecular weight excluding hydrogens is 197 g/mol. The van der Waals surface area contributed by atoms with Gasteiger partial charge in [-0.15, -0.1) is 24.8 Å². The number of aliphatic hydroxyl groups is 1. The second kappa shape index (κ2) is 7.37. The van der Waals surface area contributed by atoms with Gasteiger partial charge < -0.3 is 10.8 Å². The molecule has 0 saturated carbocycles. The van der Waals surface area contributed by atoms with E-state index in [1.165, 1.54) is 0 Å². The van der Waals surface area contributed by atoms with Gasteiger partial charge in [-0.2, -0.15) is 0 Å². The Bertz CT molecular complexity index is 194. The second-order valence-corrected chi connectivity index (χ2v) is 2.20. The Hall–Kier alpha value is -0.280. The van der Waals surface area contributed by atoms with Crippen molar-refractivity contribution in [3.05, 3.63) is 35.9 Å². The summed E-state index contributed by atoms with van der Waals surface area (Å²) in [6.07, 6.45) is 0. The van der Waals surface area contributed by atoms with Crippen LogP contribution in [0.15, 0.2) is 30.3 Å². The third kappa shape index (κ3) is 3.93. The minimum Gasteiger partial charge on any atom is -0.394 e. The Morgan fingerprint density at radius 2 is 1.67 bits per heavy atom. The Balaban J connectivity index is 0.